The van der Waals surface area contributed by atoms with Gasteiger partial charge in [-0.05, 0) is 166 Å². The SMILES string of the molecule is CN(C)P(=N[P+](N=P(N(C)C)(N(C)C)N(C)C)(N=P(N(C)C)(N(C)C)N(C)C)NC(C)(C)CC(C)(C)C)(N(C)C)N(C)C.[OH-]. The van der Waals surface area contributed by atoms with E-state index in [9.17, 15) is 0 Å². The zero-order valence-electron chi connectivity index (χ0n) is 32.8. The van der Waals surface area contributed by atoms with Gasteiger partial charge in [-0.15, -0.1) is 5.09 Å². The van der Waals surface area contributed by atoms with Crippen LogP contribution in [0, 0.1) is 5.41 Å². The van der Waals surface area contributed by atoms with Crippen molar-refractivity contribution in [2.45, 2.75) is 46.6 Å². The Morgan fingerprint density at radius 3 is 0.750 bits per heavy atom. The molecule has 0 spiro atoms. The highest BCUT2D eigenvalue weighted by molar-refractivity contribution is 7.84. The van der Waals surface area contributed by atoms with Crippen LogP contribution in [-0.4, -0.2) is 180 Å². The van der Waals surface area contributed by atoms with Crippen LogP contribution in [0.5, 0.6) is 0 Å². The van der Waals surface area contributed by atoms with E-state index < -0.39 is 30.4 Å². The van der Waals surface area contributed by atoms with E-state index in [1.165, 1.54) is 0 Å². The molecule has 0 bridgehead atoms. The van der Waals surface area contributed by atoms with Crippen molar-refractivity contribution in [2.24, 2.45) is 19.0 Å². The summed E-state index contributed by atoms with van der Waals surface area (Å²) in [6.07, 6.45) is 0.925. The molecule has 0 amide bonds. The predicted molar refractivity (Wildman–Crippen MR) is 201 cm³/mol. The van der Waals surface area contributed by atoms with Crippen molar-refractivity contribution in [1.29, 1.82) is 0 Å². The Hall–Kier alpha value is 0.680. The Kier molecular flexibility index (Phi) is 17.9. The minimum Gasteiger partial charge on any atom is -0.870 e. The standard InChI is InChI=1S/C26H72N13P4.H2O/c1-25(2,3)24-26(4,5)27-40(28-41(31(6)7,32(8)9)33(10)11,29-42(34(12)13,35(14)15)36(16)17)30-43(37(18)19,38(20)21)39(22)23;/h27H,24H2,1-23H3;1H2/q+1;/p-1. The topological polar surface area (TPSA) is 108 Å². The summed E-state index contributed by atoms with van der Waals surface area (Å²) in [5.74, 6) is 0. The van der Waals surface area contributed by atoms with Crippen molar-refractivity contribution in [3.05, 3.63) is 0 Å². The minimum atomic E-state index is -3.16. The molecule has 0 aliphatic rings. The molecule has 0 radical (unpaired) electrons. The normalized spacial score (nSPS) is 14.7. The fourth-order valence-corrected chi connectivity index (χ4v) is 25.4. The lowest BCUT2D eigenvalue weighted by atomic mass is 9.82. The first kappa shape index (κ1) is 46.8. The molecule has 0 aromatic carbocycles. The van der Waals surface area contributed by atoms with Gasteiger partial charge in [0.25, 0.3) is 0 Å². The van der Waals surface area contributed by atoms with Crippen LogP contribution in [0.4, 0.5) is 0 Å². The lowest BCUT2D eigenvalue weighted by Gasteiger charge is -2.45. The number of hydrogen-bond donors (Lipinski definition) is 1. The van der Waals surface area contributed by atoms with E-state index in [-0.39, 0.29) is 16.4 Å². The van der Waals surface area contributed by atoms with Crippen LogP contribution in [0.3, 0.4) is 0 Å². The summed E-state index contributed by atoms with van der Waals surface area (Å²) < 4.78 is 38.6. The maximum Gasteiger partial charge on any atom is 0.451 e. The van der Waals surface area contributed by atoms with E-state index in [0.717, 1.165) is 6.42 Å². The van der Waals surface area contributed by atoms with E-state index >= 15 is 0 Å². The minimum absolute atomic E-state index is 0. The van der Waals surface area contributed by atoms with Gasteiger partial charge in [0, 0.05) is 0 Å². The van der Waals surface area contributed by atoms with Gasteiger partial charge in [-0.25, -0.2) is 42.0 Å². The monoisotopic (exact) mass is 708 g/mol. The summed E-state index contributed by atoms with van der Waals surface area (Å²) in [5.41, 5.74) is -0.249. The lowest BCUT2D eigenvalue weighted by molar-refractivity contribution is 0.270. The van der Waals surface area contributed by atoms with Crippen molar-refractivity contribution in [3.63, 3.8) is 0 Å². The molecule has 0 heterocycles. The first-order valence-corrected chi connectivity index (χ1v) is 21.2. The molecular weight excluding hydrogens is 634 g/mol. The zero-order chi connectivity index (χ0) is 34.7. The second kappa shape index (κ2) is 16.9. The van der Waals surface area contributed by atoms with Gasteiger partial charge in [-0.3, -0.25) is 0 Å². The van der Waals surface area contributed by atoms with E-state index in [1.54, 1.807) is 0 Å². The van der Waals surface area contributed by atoms with Gasteiger partial charge in [-0.2, -0.15) is 0 Å². The van der Waals surface area contributed by atoms with E-state index in [2.05, 4.69) is 209 Å². The second-order valence-electron chi connectivity index (χ2n) is 14.8. The third-order valence-corrected chi connectivity index (χ3v) is 23.4. The lowest BCUT2D eigenvalue weighted by Crippen LogP contribution is -2.42. The molecular formula is C26H73N13OP4. The van der Waals surface area contributed by atoms with Crippen LogP contribution in [0.25, 0.3) is 0 Å². The van der Waals surface area contributed by atoms with Crippen LogP contribution >= 0.6 is 30.4 Å². The molecule has 18 heteroatoms. The summed E-state index contributed by atoms with van der Waals surface area (Å²) in [7, 11) is 27.8. The van der Waals surface area contributed by atoms with Crippen molar-refractivity contribution < 1.29 is 5.48 Å². The van der Waals surface area contributed by atoms with Gasteiger partial charge in [-0.1, -0.05) is 20.8 Å². The molecule has 268 valence electrons. The Bertz CT molecular complexity index is 870. The van der Waals surface area contributed by atoms with Crippen LogP contribution in [-0.2, 0) is 0 Å². The summed E-state index contributed by atoms with van der Waals surface area (Å²) in [6.45, 7) is 11.5. The number of hydrogen-bond acceptors (Lipinski definition) is 5. The van der Waals surface area contributed by atoms with E-state index in [1.807, 2.05) is 0 Å². The third kappa shape index (κ3) is 10.3. The highest BCUT2D eigenvalue weighted by Gasteiger charge is 2.56. The molecule has 0 rings (SSSR count). The van der Waals surface area contributed by atoms with Crippen molar-refractivity contribution in [3.8, 4) is 0 Å². The summed E-state index contributed by atoms with van der Waals surface area (Å²) in [4.78, 5) is 0. The van der Waals surface area contributed by atoms with Gasteiger partial charge in [0.2, 0.25) is 22.5 Å². The Morgan fingerprint density at radius 1 is 0.432 bits per heavy atom. The van der Waals surface area contributed by atoms with Gasteiger partial charge < -0.3 is 5.48 Å². The second-order valence-corrected chi connectivity index (χ2v) is 28.7. The summed E-state index contributed by atoms with van der Waals surface area (Å²) in [5, 5.41) is 4.18. The average Bonchev–Trinajstić information content (AvgIpc) is 2.75. The molecule has 0 fully saturated rings. The van der Waals surface area contributed by atoms with E-state index in [0.29, 0.717) is 0 Å². The molecule has 0 atom stereocenters. The van der Waals surface area contributed by atoms with Crippen LogP contribution < -0.4 is 5.09 Å². The third-order valence-electron chi connectivity index (χ3n) is 6.99. The van der Waals surface area contributed by atoms with Crippen LogP contribution in [0.1, 0.15) is 41.0 Å². The quantitative estimate of drug-likeness (QED) is 0.197. The molecule has 0 saturated carbocycles. The fourth-order valence-electron chi connectivity index (χ4n) is 6.33. The fraction of sp³-hybridized carbons (Fsp3) is 1.00. The molecule has 0 aliphatic carbocycles. The number of nitrogens with one attached hydrogen (secondary N) is 1. The van der Waals surface area contributed by atoms with E-state index in [4.69, 9.17) is 13.5 Å². The molecule has 2 N–H and O–H groups in total. The van der Waals surface area contributed by atoms with Gasteiger partial charge in [0.1, 0.15) is 0 Å². The predicted octanol–water partition coefficient (Wildman–Crippen LogP) is 6.18. The average molecular weight is 708 g/mol. The number of nitrogens with zero attached hydrogens (tertiary/aromatic N) is 12. The van der Waals surface area contributed by atoms with Gasteiger partial charge >= 0.3 is 7.87 Å². The molecule has 0 aliphatic heterocycles. The Labute approximate surface area is 275 Å². The maximum atomic E-state index is 6.07. The zero-order valence-corrected chi connectivity index (χ0v) is 36.4. The highest BCUT2D eigenvalue weighted by Crippen LogP contribution is 2.81. The van der Waals surface area contributed by atoms with Gasteiger partial charge in [0.15, 0.2) is 0 Å². The Morgan fingerprint density at radius 2 is 0.614 bits per heavy atom. The largest absolute Gasteiger partial charge is 0.870 e. The molecule has 0 aromatic rings. The first-order valence-electron chi connectivity index (χ1n) is 14.7. The first-order chi connectivity index (χ1) is 19.0. The van der Waals surface area contributed by atoms with Gasteiger partial charge in [0.05, 0.1) is 5.54 Å². The molecule has 0 aromatic heterocycles. The molecule has 0 saturated heterocycles. The Balaban J connectivity index is 0. The maximum absolute atomic E-state index is 6.07. The molecule has 14 nitrogen and oxygen atoms in total. The van der Waals surface area contributed by atoms with Crippen LogP contribution in [0.2, 0.25) is 0 Å². The van der Waals surface area contributed by atoms with Crippen molar-refractivity contribution in [1.82, 2.24) is 47.1 Å². The smallest absolute Gasteiger partial charge is 0.451 e. The summed E-state index contributed by atoms with van der Waals surface area (Å²) >= 11 is 0. The summed E-state index contributed by atoms with van der Waals surface area (Å²) in [6, 6.07) is 0. The molecule has 44 heavy (non-hydrogen) atoms. The van der Waals surface area contributed by atoms with Crippen molar-refractivity contribution >= 4 is 30.4 Å². The highest BCUT2D eigenvalue weighted by atomic mass is 31.3. The van der Waals surface area contributed by atoms with Crippen LogP contribution in [0.15, 0.2) is 13.5 Å². The number of rotatable bonds is 15. The van der Waals surface area contributed by atoms with Crippen molar-refractivity contribution in [2.75, 3.05) is 127 Å². The molecule has 0 unspecified atom stereocenters.